The molecule has 1 amide bonds. The number of rotatable bonds is 3. The number of likely N-dealkylation sites (tertiary alicyclic amines) is 1. The zero-order valence-electron chi connectivity index (χ0n) is 13.9. The van der Waals surface area contributed by atoms with E-state index in [9.17, 15) is 4.79 Å². The average molecular weight is 314 g/mol. The minimum Gasteiger partial charge on any atom is -0.497 e. The van der Waals surface area contributed by atoms with Crippen LogP contribution in [0.2, 0.25) is 0 Å². The summed E-state index contributed by atoms with van der Waals surface area (Å²) in [6.07, 6.45) is 4.56. The van der Waals surface area contributed by atoms with Crippen LogP contribution in [0.15, 0.2) is 24.3 Å². The molecule has 1 N–H and O–H groups in total. The number of nitrogens with zero attached hydrogens (tertiary/aromatic N) is 1. The monoisotopic (exact) mass is 314 g/mol. The van der Waals surface area contributed by atoms with Crippen LogP contribution in [0.1, 0.15) is 37.2 Å². The van der Waals surface area contributed by atoms with E-state index in [4.69, 9.17) is 4.74 Å². The molecule has 1 saturated carbocycles. The first-order valence-corrected chi connectivity index (χ1v) is 8.85. The van der Waals surface area contributed by atoms with Crippen LogP contribution in [-0.2, 0) is 4.79 Å². The standard InChI is InChI=1S/C19H26N2O2/c1-23-16-4-2-14(3-5-16)15-6-11-21(13-15)18(22)17-12-19(17)7-9-20-10-8-19/h2-5,15,17,20H,6-13H2,1H3. The van der Waals surface area contributed by atoms with Crippen LogP contribution in [0.4, 0.5) is 0 Å². The molecule has 4 heteroatoms. The molecule has 23 heavy (non-hydrogen) atoms. The molecular formula is C19H26N2O2. The Hall–Kier alpha value is -1.55. The van der Waals surface area contributed by atoms with Gasteiger partial charge >= 0.3 is 0 Å². The van der Waals surface area contributed by atoms with Crippen LogP contribution in [0.3, 0.4) is 0 Å². The number of ether oxygens (including phenoxy) is 1. The number of carbonyl (C=O) groups is 1. The molecule has 2 saturated heterocycles. The molecule has 0 aromatic heterocycles. The summed E-state index contributed by atoms with van der Waals surface area (Å²) >= 11 is 0. The molecule has 0 bridgehead atoms. The first-order chi connectivity index (χ1) is 11.2. The maximum atomic E-state index is 12.8. The second-order valence-corrected chi connectivity index (χ2v) is 7.41. The van der Waals surface area contributed by atoms with E-state index >= 15 is 0 Å². The number of hydrogen-bond acceptors (Lipinski definition) is 3. The van der Waals surface area contributed by atoms with Crippen LogP contribution in [0.25, 0.3) is 0 Å². The number of benzene rings is 1. The van der Waals surface area contributed by atoms with Crippen LogP contribution < -0.4 is 10.1 Å². The number of hydrogen-bond donors (Lipinski definition) is 1. The minimum atomic E-state index is 0.305. The van der Waals surface area contributed by atoms with Gasteiger partial charge in [0.1, 0.15) is 5.75 Å². The summed E-state index contributed by atoms with van der Waals surface area (Å²) in [5.74, 6) is 2.10. The lowest BCUT2D eigenvalue weighted by molar-refractivity contribution is -0.132. The maximum Gasteiger partial charge on any atom is 0.226 e. The van der Waals surface area contributed by atoms with Gasteiger partial charge in [0.05, 0.1) is 7.11 Å². The highest BCUT2D eigenvalue weighted by Crippen LogP contribution is 2.59. The first-order valence-electron chi connectivity index (χ1n) is 8.85. The van der Waals surface area contributed by atoms with Gasteiger partial charge in [-0.2, -0.15) is 0 Å². The predicted molar refractivity (Wildman–Crippen MR) is 89.6 cm³/mol. The van der Waals surface area contributed by atoms with Crippen molar-refractivity contribution in [2.45, 2.75) is 31.6 Å². The third-order valence-corrected chi connectivity index (χ3v) is 6.17. The molecule has 3 fully saturated rings. The van der Waals surface area contributed by atoms with Crippen molar-refractivity contribution >= 4 is 5.91 Å². The van der Waals surface area contributed by atoms with Gasteiger partial charge in [-0.3, -0.25) is 4.79 Å². The van der Waals surface area contributed by atoms with Crippen LogP contribution in [0.5, 0.6) is 5.75 Å². The molecule has 4 rings (SSSR count). The topological polar surface area (TPSA) is 41.6 Å². The van der Waals surface area contributed by atoms with Crippen molar-refractivity contribution in [3.05, 3.63) is 29.8 Å². The molecule has 1 aliphatic carbocycles. The highest BCUT2D eigenvalue weighted by molar-refractivity contribution is 5.83. The third-order valence-electron chi connectivity index (χ3n) is 6.17. The average Bonchev–Trinajstić information content (AvgIpc) is 3.07. The fraction of sp³-hybridized carbons (Fsp3) is 0.632. The third kappa shape index (κ3) is 2.74. The van der Waals surface area contributed by atoms with Crippen molar-refractivity contribution in [1.29, 1.82) is 0 Å². The quantitative estimate of drug-likeness (QED) is 0.931. The molecule has 2 heterocycles. The molecule has 124 valence electrons. The highest BCUT2D eigenvalue weighted by atomic mass is 16.5. The van der Waals surface area contributed by atoms with E-state index in [1.54, 1.807) is 7.11 Å². The van der Waals surface area contributed by atoms with E-state index < -0.39 is 0 Å². The molecular weight excluding hydrogens is 288 g/mol. The predicted octanol–water partition coefficient (Wildman–Crippen LogP) is 2.40. The number of methoxy groups -OCH3 is 1. The zero-order valence-corrected chi connectivity index (χ0v) is 13.9. The molecule has 0 radical (unpaired) electrons. The Kier molecular flexibility index (Phi) is 3.80. The Bertz CT molecular complexity index is 578. The van der Waals surface area contributed by atoms with Crippen molar-refractivity contribution in [2.75, 3.05) is 33.3 Å². The molecule has 1 aromatic carbocycles. The lowest BCUT2D eigenvalue weighted by Gasteiger charge is -2.25. The zero-order chi connectivity index (χ0) is 15.9. The van der Waals surface area contributed by atoms with Crippen molar-refractivity contribution in [3.63, 3.8) is 0 Å². The summed E-state index contributed by atoms with van der Waals surface area (Å²) in [4.78, 5) is 15.0. The molecule has 1 spiro atoms. The normalized spacial score (nSPS) is 28.8. The van der Waals surface area contributed by atoms with Crippen LogP contribution >= 0.6 is 0 Å². The van der Waals surface area contributed by atoms with E-state index in [1.165, 1.54) is 18.4 Å². The van der Waals surface area contributed by atoms with Gasteiger partial charge in [0.15, 0.2) is 0 Å². The first kappa shape index (κ1) is 15.0. The summed E-state index contributed by atoms with van der Waals surface area (Å²) in [5.41, 5.74) is 1.68. The summed E-state index contributed by atoms with van der Waals surface area (Å²) in [7, 11) is 1.69. The Morgan fingerprint density at radius 3 is 2.70 bits per heavy atom. The van der Waals surface area contributed by atoms with E-state index in [0.717, 1.165) is 44.8 Å². The Labute approximate surface area is 138 Å². The van der Waals surface area contributed by atoms with Gasteiger partial charge in [-0.1, -0.05) is 12.1 Å². The molecule has 1 aromatic rings. The van der Waals surface area contributed by atoms with Gasteiger partial charge in [0.25, 0.3) is 0 Å². The molecule has 2 aliphatic heterocycles. The molecule has 2 unspecified atom stereocenters. The largest absolute Gasteiger partial charge is 0.497 e. The summed E-state index contributed by atoms with van der Waals surface area (Å²) in [6, 6.07) is 8.32. The second kappa shape index (κ2) is 5.82. The Morgan fingerprint density at radius 1 is 1.26 bits per heavy atom. The van der Waals surface area contributed by atoms with Gasteiger partial charge in [-0.25, -0.2) is 0 Å². The fourth-order valence-corrected chi connectivity index (χ4v) is 4.50. The van der Waals surface area contributed by atoms with Crippen molar-refractivity contribution in [1.82, 2.24) is 10.2 Å². The highest BCUT2D eigenvalue weighted by Gasteiger charge is 2.58. The minimum absolute atomic E-state index is 0.305. The van der Waals surface area contributed by atoms with E-state index in [2.05, 4.69) is 22.3 Å². The molecule has 2 atom stereocenters. The number of amides is 1. The van der Waals surface area contributed by atoms with E-state index in [1.807, 2.05) is 12.1 Å². The Morgan fingerprint density at radius 2 is 2.00 bits per heavy atom. The smallest absolute Gasteiger partial charge is 0.226 e. The van der Waals surface area contributed by atoms with Gasteiger partial charge in [-0.05, 0) is 61.9 Å². The van der Waals surface area contributed by atoms with E-state index in [0.29, 0.717) is 23.2 Å². The SMILES string of the molecule is COc1ccc(C2CCN(C(=O)C3CC34CCNCC4)C2)cc1. The van der Waals surface area contributed by atoms with Crippen LogP contribution in [0, 0.1) is 11.3 Å². The lowest BCUT2D eigenvalue weighted by Crippen LogP contribution is -2.35. The van der Waals surface area contributed by atoms with Crippen molar-refractivity contribution in [3.8, 4) is 5.75 Å². The van der Waals surface area contributed by atoms with Gasteiger partial charge in [0, 0.05) is 24.9 Å². The Balaban J connectivity index is 1.37. The van der Waals surface area contributed by atoms with Gasteiger partial charge < -0.3 is 15.0 Å². The second-order valence-electron chi connectivity index (χ2n) is 7.41. The number of nitrogens with one attached hydrogen (secondary N) is 1. The maximum absolute atomic E-state index is 12.8. The summed E-state index contributed by atoms with van der Waals surface area (Å²) < 4.78 is 5.22. The van der Waals surface area contributed by atoms with Crippen molar-refractivity contribution in [2.24, 2.45) is 11.3 Å². The molecule has 3 aliphatic rings. The van der Waals surface area contributed by atoms with Crippen molar-refractivity contribution < 1.29 is 9.53 Å². The van der Waals surface area contributed by atoms with Crippen LogP contribution in [-0.4, -0.2) is 44.1 Å². The summed E-state index contributed by atoms with van der Waals surface area (Å²) in [6.45, 7) is 3.97. The van der Waals surface area contributed by atoms with E-state index in [-0.39, 0.29) is 0 Å². The molecule has 4 nitrogen and oxygen atoms in total. The van der Waals surface area contributed by atoms with Gasteiger partial charge in [0.2, 0.25) is 5.91 Å². The summed E-state index contributed by atoms with van der Waals surface area (Å²) in [5, 5.41) is 3.41. The lowest BCUT2D eigenvalue weighted by atomic mass is 9.91. The number of piperidine rings is 1. The fourth-order valence-electron chi connectivity index (χ4n) is 4.50. The van der Waals surface area contributed by atoms with Gasteiger partial charge in [-0.15, -0.1) is 0 Å². The number of carbonyl (C=O) groups excluding carboxylic acids is 1.